The highest BCUT2D eigenvalue weighted by Crippen LogP contribution is 2.30. The van der Waals surface area contributed by atoms with Gasteiger partial charge in [-0.1, -0.05) is 12.8 Å². The average molecular weight is 343 g/mol. The van der Waals surface area contributed by atoms with Gasteiger partial charge in [-0.3, -0.25) is 4.98 Å². The van der Waals surface area contributed by atoms with Crippen molar-refractivity contribution in [3.05, 3.63) is 54.1 Å². The summed E-state index contributed by atoms with van der Waals surface area (Å²) in [6.45, 7) is 0.692. The van der Waals surface area contributed by atoms with Crippen molar-refractivity contribution in [2.24, 2.45) is 0 Å². The molecule has 2 aromatic rings. The molecule has 132 valence electrons. The lowest BCUT2D eigenvalue weighted by atomic mass is 10.0. The van der Waals surface area contributed by atoms with Gasteiger partial charge in [0.15, 0.2) is 11.6 Å². The Morgan fingerprint density at radius 1 is 1.24 bits per heavy atom. The number of rotatable bonds is 3. The molecule has 1 aromatic carbocycles. The van der Waals surface area contributed by atoms with Gasteiger partial charge in [0.25, 0.3) is 0 Å². The molecule has 1 N–H and O–H groups in total. The molecule has 1 atom stereocenters. The number of nitrogens with one attached hydrogen (secondary N) is 1. The second kappa shape index (κ2) is 7.96. The molecular formula is C19H22FN3O2. The highest BCUT2D eigenvalue weighted by atomic mass is 19.1. The first-order chi connectivity index (χ1) is 12.2. The van der Waals surface area contributed by atoms with Crippen molar-refractivity contribution in [1.82, 2.24) is 9.88 Å². The van der Waals surface area contributed by atoms with Crippen molar-refractivity contribution in [3.63, 3.8) is 0 Å². The quantitative estimate of drug-likeness (QED) is 0.900. The predicted molar refractivity (Wildman–Crippen MR) is 94.1 cm³/mol. The van der Waals surface area contributed by atoms with Crippen LogP contribution in [-0.2, 0) is 0 Å². The zero-order valence-corrected chi connectivity index (χ0v) is 14.2. The highest BCUT2D eigenvalue weighted by Gasteiger charge is 2.27. The number of benzene rings is 1. The van der Waals surface area contributed by atoms with Crippen LogP contribution in [0.2, 0.25) is 0 Å². The number of likely N-dealkylation sites (tertiary alicyclic amines) is 1. The van der Waals surface area contributed by atoms with E-state index in [0.717, 1.165) is 31.2 Å². The molecule has 0 bridgehead atoms. The number of methoxy groups -OCH3 is 1. The number of carbonyl (C=O) groups is 1. The standard InChI is InChI=1S/C19H22FN3O2/c1-25-18-13-15(6-7-16(18)20)22-19(24)23-12-4-2-3-5-17(23)14-8-10-21-11-9-14/h6-11,13,17H,2-5,12H2,1H3,(H,22,24). The maximum atomic E-state index is 13.5. The molecule has 2 heterocycles. The second-order valence-electron chi connectivity index (χ2n) is 6.12. The summed E-state index contributed by atoms with van der Waals surface area (Å²) < 4.78 is 18.5. The topological polar surface area (TPSA) is 54.5 Å². The molecule has 1 fully saturated rings. The van der Waals surface area contributed by atoms with Crippen molar-refractivity contribution in [1.29, 1.82) is 0 Å². The van der Waals surface area contributed by atoms with Crippen LogP contribution in [-0.4, -0.2) is 29.6 Å². The first-order valence-electron chi connectivity index (χ1n) is 8.50. The molecule has 3 rings (SSSR count). The molecule has 0 saturated carbocycles. The minimum absolute atomic E-state index is 0.0212. The van der Waals surface area contributed by atoms with Crippen LogP contribution >= 0.6 is 0 Å². The van der Waals surface area contributed by atoms with Gasteiger partial charge in [0, 0.05) is 30.7 Å². The van der Waals surface area contributed by atoms with Gasteiger partial charge in [-0.15, -0.1) is 0 Å². The van der Waals surface area contributed by atoms with Crippen LogP contribution in [0.3, 0.4) is 0 Å². The summed E-state index contributed by atoms with van der Waals surface area (Å²) in [6.07, 6.45) is 7.59. The van der Waals surface area contributed by atoms with Crippen LogP contribution in [0.5, 0.6) is 5.75 Å². The van der Waals surface area contributed by atoms with E-state index in [-0.39, 0.29) is 17.8 Å². The normalized spacial score (nSPS) is 17.7. The van der Waals surface area contributed by atoms with Gasteiger partial charge < -0.3 is 15.0 Å². The molecule has 1 aliphatic heterocycles. The third-order valence-corrected chi connectivity index (χ3v) is 4.51. The fourth-order valence-corrected chi connectivity index (χ4v) is 3.22. The molecule has 0 spiro atoms. The van der Waals surface area contributed by atoms with Crippen LogP contribution in [0.25, 0.3) is 0 Å². The summed E-state index contributed by atoms with van der Waals surface area (Å²) in [5, 5.41) is 2.87. The van der Waals surface area contributed by atoms with E-state index in [9.17, 15) is 9.18 Å². The van der Waals surface area contributed by atoms with E-state index < -0.39 is 5.82 Å². The molecule has 1 aromatic heterocycles. The highest BCUT2D eigenvalue weighted by molar-refractivity contribution is 5.89. The lowest BCUT2D eigenvalue weighted by molar-refractivity contribution is 0.189. The minimum atomic E-state index is -0.454. The van der Waals surface area contributed by atoms with Gasteiger partial charge in [-0.25, -0.2) is 9.18 Å². The number of nitrogens with zero attached hydrogens (tertiary/aromatic N) is 2. The van der Waals surface area contributed by atoms with Gasteiger partial charge >= 0.3 is 6.03 Å². The van der Waals surface area contributed by atoms with E-state index >= 15 is 0 Å². The summed E-state index contributed by atoms with van der Waals surface area (Å²) >= 11 is 0. The summed E-state index contributed by atoms with van der Waals surface area (Å²) in [5.41, 5.74) is 1.60. The van der Waals surface area contributed by atoms with Crippen molar-refractivity contribution in [2.45, 2.75) is 31.7 Å². The predicted octanol–water partition coefficient (Wildman–Crippen LogP) is 4.38. The monoisotopic (exact) mass is 343 g/mol. The van der Waals surface area contributed by atoms with Crippen LogP contribution in [0.1, 0.15) is 37.3 Å². The van der Waals surface area contributed by atoms with Crippen LogP contribution < -0.4 is 10.1 Å². The molecule has 0 radical (unpaired) electrons. The van der Waals surface area contributed by atoms with E-state index in [1.807, 2.05) is 17.0 Å². The minimum Gasteiger partial charge on any atom is -0.494 e. The number of amides is 2. The number of hydrogen-bond donors (Lipinski definition) is 1. The Kier molecular flexibility index (Phi) is 5.48. The zero-order chi connectivity index (χ0) is 17.6. The Hall–Kier alpha value is -2.63. The Balaban J connectivity index is 1.80. The summed E-state index contributed by atoms with van der Waals surface area (Å²) in [7, 11) is 1.40. The van der Waals surface area contributed by atoms with E-state index in [2.05, 4.69) is 10.3 Å². The van der Waals surface area contributed by atoms with Gasteiger partial charge in [0.1, 0.15) is 0 Å². The lowest BCUT2D eigenvalue weighted by Gasteiger charge is -2.30. The third kappa shape index (κ3) is 4.07. The maximum absolute atomic E-state index is 13.5. The first kappa shape index (κ1) is 17.2. The number of halogens is 1. The van der Waals surface area contributed by atoms with Gasteiger partial charge in [0.2, 0.25) is 0 Å². The number of ether oxygens (including phenoxy) is 1. The van der Waals surface area contributed by atoms with E-state index in [1.54, 1.807) is 12.4 Å². The average Bonchev–Trinajstić information content (AvgIpc) is 2.90. The van der Waals surface area contributed by atoms with E-state index in [0.29, 0.717) is 12.2 Å². The molecule has 1 aliphatic rings. The van der Waals surface area contributed by atoms with Crippen molar-refractivity contribution in [3.8, 4) is 5.75 Å². The lowest BCUT2D eigenvalue weighted by Crippen LogP contribution is -2.38. The molecule has 1 unspecified atom stereocenters. The number of anilines is 1. The maximum Gasteiger partial charge on any atom is 0.322 e. The van der Waals surface area contributed by atoms with Crippen molar-refractivity contribution >= 4 is 11.7 Å². The molecular weight excluding hydrogens is 321 g/mol. The van der Waals surface area contributed by atoms with E-state index in [1.165, 1.54) is 25.3 Å². The Morgan fingerprint density at radius 2 is 2.04 bits per heavy atom. The number of carbonyl (C=O) groups excluding carboxylic acids is 1. The number of hydrogen-bond acceptors (Lipinski definition) is 3. The summed E-state index contributed by atoms with van der Waals surface area (Å²) in [5.74, 6) is -0.343. The first-order valence-corrected chi connectivity index (χ1v) is 8.50. The number of urea groups is 1. The van der Waals surface area contributed by atoms with Crippen LogP contribution in [0.4, 0.5) is 14.9 Å². The third-order valence-electron chi connectivity index (χ3n) is 4.51. The van der Waals surface area contributed by atoms with Crippen molar-refractivity contribution in [2.75, 3.05) is 19.0 Å². The second-order valence-corrected chi connectivity index (χ2v) is 6.12. The molecule has 1 saturated heterocycles. The molecule has 2 amide bonds. The fourth-order valence-electron chi connectivity index (χ4n) is 3.22. The smallest absolute Gasteiger partial charge is 0.322 e. The number of pyridine rings is 1. The largest absolute Gasteiger partial charge is 0.494 e. The Labute approximate surface area is 146 Å². The number of aromatic nitrogens is 1. The fraction of sp³-hybridized carbons (Fsp3) is 0.368. The van der Waals surface area contributed by atoms with Gasteiger partial charge in [0.05, 0.1) is 13.2 Å². The van der Waals surface area contributed by atoms with Crippen molar-refractivity contribution < 1.29 is 13.9 Å². The molecule has 6 heteroatoms. The SMILES string of the molecule is COc1cc(NC(=O)N2CCCCCC2c2ccncc2)ccc1F. The van der Waals surface area contributed by atoms with E-state index in [4.69, 9.17) is 4.74 Å². The van der Waals surface area contributed by atoms with Gasteiger partial charge in [-0.2, -0.15) is 0 Å². The molecule has 0 aliphatic carbocycles. The zero-order valence-electron chi connectivity index (χ0n) is 14.2. The van der Waals surface area contributed by atoms with Crippen LogP contribution in [0, 0.1) is 5.82 Å². The van der Waals surface area contributed by atoms with Crippen LogP contribution in [0.15, 0.2) is 42.7 Å². The van der Waals surface area contributed by atoms with Gasteiger partial charge in [-0.05, 0) is 42.7 Å². The summed E-state index contributed by atoms with van der Waals surface area (Å²) in [6, 6.07) is 8.07. The summed E-state index contributed by atoms with van der Waals surface area (Å²) in [4.78, 5) is 18.8. The molecule has 5 nitrogen and oxygen atoms in total. The Morgan fingerprint density at radius 3 is 2.80 bits per heavy atom. The molecule has 25 heavy (non-hydrogen) atoms. The Bertz CT molecular complexity index is 724.